The smallest absolute Gasteiger partial charge is 0.306 e. The van der Waals surface area contributed by atoms with Gasteiger partial charge in [-0.25, -0.2) is 8.78 Å². The van der Waals surface area contributed by atoms with E-state index >= 15 is 4.39 Å². The lowest BCUT2D eigenvalue weighted by molar-refractivity contribution is -0.155. The Hall–Kier alpha value is -3.40. The summed E-state index contributed by atoms with van der Waals surface area (Å²) in [5.41, 5.74) is 4.27. The number of ether oxygens (including phenoxy) is 1. The number of esters is 1. The molecule has 0 aliphatic carbocycles. The van der Waals surface area contributed by atoms with Crippen molar-refractivity contribution in [3.8, 4) is 11.3 Å². The van der Waals surface area contributed by atoms with Gasteiger partial charge in [-0.15, -0.1) is 0 Å². The maximum Gasteiger partial charge on any atom is 0.306 e. The number of carbonyl (C=O) groups excluding carboxylic acids is 3. The van der Waals surface area contributed by atoms with Crippen LogP contribution in [0.1, 0.15) is 68.1 Å². The summed E-state index contributed by atoms with van der Waals surface area (Å²) in [6.45, 7) is 6.04. The molecule has 3 rings (SSSR count). The Kier molecular flexibility index (Phi) is 7.02. The molecule has 0 saturated carbocycles. The lowest BCUT2D eigenvalue weighted by Crippen LogP contribution is -2.46. The zero-order valence-corrected chi connectivity index (χ0v) is 19.4. The molecule has 0 bridgehead atoms. The van der Waals surface area contributed by atoms with Crippen LogP contribution < -0.4 is 5.73 Å². The van der Waals surface area contributed by atoms with Gasteiger partial charge in [-0.2, -0.15) is 0 Å². The molecule has 1 aliphatic rings. The molecule has 0 spiro atoms. The number of halogens is 2. The number of aromatic nitrogens is 1. The van der Waals surface area contributed by atoms with Gasteiger partial charge < -0.3 is 20.5 Å². The third-order valence-corrected chi connectivity index (χ3v) is 5.58. The fraction of sp³-hybridized carbons (Fsp3) is 0.417. The van der Waals surface area contributed by atoms with Gasteiger partial charge in [-0.1, -0.05) is 0 Å². The topological polar surface area (TPSA) is 123 Å². The molecule has 2 atom stereocenters. The number of amides is 2. The number of nitrogens with two attached hydrogens (primary N) is 1. The second-order valence-corrected chi connectivity index (χ2v) is 9.11. The van der Waals surface area contributed by atoms with Crippen molar-refractivity contribution in [2.45, 2.75) is 64.8 Å². The van der Waals surface area contributed by atoms with Gasteiger partial charge in [0.05, 0.1) is 12.6 Å². The summed E-state index contributed by atoms with van der Waals surface area (Å²) in [6, 6.07) is 1.75. The number of primary amides is 1. The standard InChI is InChI=1S/C24H27F2N3O5/c1-12-18-14(5-6-15(20(18)26)21-19(25)13(11-30)9-10-28-21)23(33)29(12)16(22(27)32)7-8-17(31)34-24(2,3)4/h5-6,9-10,12,16,30H,7-8,11H2,1-4H3,(H2,27,32). The van der Waals surface area contributed by atoms with Crippen molar-refractivity contribution in [1.29, 1.82) is 0 Å². The maximum absolute atomic E-state index is 15.6. The highest BCUT2D eigenvalue weighted by Gasteiger charge is 2.43. The Labute approximate surface area is 195 Å². The molecule has 0 fully saturated rings. The number of benzene rings is 1. The van der Waals surface area contributed by atoms with Gasteiger partial charge in [0, 0.05) is 34.9 Å². The third-order valence-electron chi connectivity index (χ3n) is 5.58. The Morgan fingerprint density at radius 2 is 1.85 bits per heavy atom. The van der Waals surface area contributed by atoms with E-state index in [1.54, 1.807) is 20.8 Å². The van der Waals surface area contributed by atoms with Crippen molar-refractivity contribution in [3.05, 3.63) is 52.7 Å². The number of pyridine rings is 1. The molecule has 1 aromatic heterocycles. The van der Waals surface area contributed by atoms with E-state index in [2.05, 4.69) is 4.98 Å². The number of hydrogen-bond acceptors (Lipinski definition) is 6. The minimum atomic E-state index is -1.18. The molecule has 1 aliphatic heterocycles. The fourth-order valence-electron chi connectivity index (χ4n) is 4.10. The Morgan fingerprint density at radius 3 is 2.44 bits per heavy atom. The second-order valence-electron chi connectivity index (χ2n) is 9.11. The van der Waals surface area contributed by atoms with E-state index in [9.17, 15) is 23.9 Å². The van der Waals surface area contributed by atoms with Gasteiger partial charge in [0.1, 0.15) is 23.2 Å². The largest absolute Gasteiger partial charge is 0.460 e. The monoisotopic (exact) mass is 475 g/mol. The highest BCUT2D eigenvalue weighted by Crippen LogP contribution is 2.41. The SMILES string of the molecule is CC1c2c(ccc(-c3nccc(CO)c3F)c2F)C(=O)N1C(CCC(=O)OC(C)(C)C)C(N)=O. The van der Waals surface area contributed by atoms with E-state index in [0.717, 1.165) is 4.90 Å². The molecule has 2 unspecified atom stereocenters. The molecule has 10 heteroatoms. The van der Waals surface area contributed by atoms with Crippen LogP contribution in [0.5, 0.6) is 0 Å². The molecule has 2 amide bonds. The zero-order chi connectivity index (χ0) is 25.4. The molecular weight excluding hydrogens is 448 g/mol. The van der Waals surface area contributed by atoms with Gasteiger partial charge in [-0.3, -0.25) is 19.4 Å². The van der Waals surface area contributed by atoms with E-state index in [1.165, 1.54) is 31.3 Å². The molecule has 2 heterocycles. The fourth-order valence-corrected chi connectivity index (χ4v) is 4.10. The number of nitrogens with zero attached hydrogens (tertiary/aromatic N) is 2. The van der Waals surface area contributed by atoms with Crippen LogP contribution in [-0.4, -0.2) is 44.4 Å². The van der Waals surface area contributed by atoms with E-state index in [-0.39, 0.29) is 40.8 Å². The minimum absolute atomic E-state index is 0.0102. The number of rotatable bonds is 7. The van der Waals surface area contributed by atoms with Crippen LogP contribution in [0.4, 0.5) is 8.78 Å². The van der Waals surface area contributed by atoms with Gasteiger partial charge >= 0.3 is 5.97 Å². The molecule has 3 N–H and O–H groups in total. The lowest BCUT2D eigenvalue weighted by atomic mass is 9.98. The van der Waals surface area contributed by atoms with Gasteiger partial charge in [-0.05, 0) is 52.3 Å². The van der Waals surface area contributed by atoms with Crippen molar-refractivity contribution in [2.24, 2.45) is 5.73 Å². The van der Waals surface area contributed by atoms with Crippen molar-refractivity contribution in [3.63, 3.8) is 0 Å². The van der Waals surface area contributed by atoms with Crippen molar-refractivity contribution < 1.29 is 33.0 Å². The summed E-state index contributed by atoms with van der Waals surface area (Å²) in [6.07, 6.45) is 0.976. The predicted molar refractivity (Wildman–Crippen MR) is 118 cm³/mol. The first-order valence-electron chi connectivity index (χ1n) is 10.8. The Morgan fingerprint density at radius 1 is 1.21 bits per heavy atom. The number of hydrogen-bond donors (Lipinski definition) is 2. The van der Waals surface area contributed by atoms with Crippen LogP contribution in [-0.2, 0) is 20.9 Å². The van der Waals surface area contributed by atoms with Gasteiger partial charge in [0.2, 0.25) is 5.91 Å². The third kappa shape index (κ3) is 4.77. The molecular formula is C24H27F2N3O5. The predicted octanol–water partition coefficient (Wildman–Crippen LogP) is 3.01. The van der Waals surface area contributed by atoms with Gasteiger partial charge in [0.15, 0.2) is 5.82 Å². The summed E-state index contributed by atoms with van der Waals surface area (Å²) < 4.78 is 35.5. The molecule has 1 aromatic carbocycles. The molecule has 182 valence electrons. The summed E-state index contributed by atoms with van der Waals surface area (Å²) in [4.78, 5) is 42.5. The van der Waals surface area contributed by atoms with E-state index in [1.807, 2.05) is 0 Å². The summed E-state index contributed by atoms with van der Waals surface area (Å²) in [5.74, 6) is -3.77. The number of aliphatic hydroxyl groups excluding tert-OH is 1. The van der Waals surface area contributed by atoms with Crippen LogP contribution in [0, 0.1) is 11.6 Å². The molecule has 0 radical (unpaired) electrons. The number of fused-ring (bicyclic) bond motifs is 1. The summed E-state index contributed by atoms with van der Waals surface area (Å²) in [7, 11) is 0. The maximum atomic E-state index is 15.6. The molecule has 8 nitrogen and oxygen atoms in total. The first kappa shape index (κ1) is 25.2. The Balaban J connectivity index is 1.95. The molecule has 34 heavy (non-hydrogen) atoms. The average molecular weight is 475 g/mol. The number of aliphatic hydroxyl groups is 1. The van der Waals surface area contributed by atoms with Crippen molar-refractivity contribution in [2.75, 3.05) is 0 Å². The van der Waals surface area contributed by atoms with Crippen molar-refractivity contribution >= 4 is 17.8 Å². The summed E-state index contributed by atoms with van der Waals surface area (Å²) >= 11 is 0. The first-order chi connectivity index (χ1) is 15.9. The highest BCUT2D eigenvalue weighted by molar-refractivity contribution is 6.02. The number of carbonyl (C=O) groups is 3. The van der Waals surface area contributed by atoms with Crippen LogP contribution >= 0.6 is 0 Å². The van der Waals surface area contributed by atoms with Crippen LogP contribution in [0.25, 0.3) is 11.3 Å². The normalized spacial score (nSPS) is 16.4. The van der Waals surface area contributed by atoms with Crippen LogP contribution in [0.2, 0.25) is 0 Å². The van der Waals surface area contributed by atoms with Crippen LogP contribution in [0.15, 0.2) is 24.4 Å². The summed E-state index contributed by atoms with van der Waals surface area (Å²) in [5, 5.41) is 9.30. The molecule has 2 aromatic rings. The molecule has 0 saturated heterocycles. The quantitative estimate of drug-likeness (QED) is 0.594. The van der Waals surface area contributed by atoms with E-state index in [4.69, 9.17) is 10.5 Å². The first-order valence-corrected chi connectivity index (χ1v) is 10.8. The van der Waals surface area contributed by atoms with E-state index < -0.39 is 53.7 Å². The lowest BCUT2D eigenvalue weighted by Gasteiger charge is -2.30. The van der Waals surface area contributed by atoms with Crippen molar-refractivity contribution in [1.82, 2.24) is 9.88 Å². The minimum Gasteiger partial charge on any atom is -0.460 e. The van der Waals surface area contributed by atoms with E-state index in [0.29, 0.717) is 0 Å². The van der Waals surface area contributed by atoms with Gasteiger partial charge in [0.25, 0.3) is 5.91 Å². The zero-order valence-electron chi connectivity index (χ0n) is 19.4. The van der Waals surface area contributed by atoms with Crippen LogP contribution in [0.3, 0.4) is 0 Å². The average Bonchev–Trinajstić information content (AvgIpc) is 2.99. The Bertz CT molecular complexity index is 1150. The second kappa shape index (κ2) is 9.46. The highest BCUT2D eigenvalue weighted by atomic mass is 19.1.